The van der Waals surface area contributed by atoms with Gasteiger partial charge in [0.2, 0.25) is 5.91 Å². The van der Waals surface area contributed by atoms with Gasteiger partial charge in [-0.3, -0.25) is 14.4 Å². The molecule has 1 fully saturated rings. The maximum Gasteiger partial charge on any atom is 0.254 e. The molecule has 0 spiro atoms. The quantitative estimate of drug-likeness (QED) is 0.663. The van der Waals surface area contributed by atoms with Crippen LogP contribution in [0.2, 0.25) is 0 Å². The SMILES string of the molecule is COc1ccc(C(=O)CCCC(=O)Nc2cccc(C(=O)N3CCCC3)c2C)cc1. The predicted octanol–water partition coefficient (Wildman–Crippen LogP) is 4.23. The van der Waals surface area contributed by atoms with Crippen molar-refractivity contribution in [2.75, 3.05) is 25.5 Å². The number of carbonyl (C=O) groups is 3. The normalized spacial score (nSPS) is 13.2. The highest BCUT2D eigenvalue weighted by Crippen LogP contribution is 2.22. The number of anilines is 1. The molecule has 30 heavy (non-hydrogen) atoms. The van der Waals surface area contributed by atoms with Crippen molar-refractivity contribution in [3.63, 3.8) is 0 Å². The average molecular weight is 408 g/mol. The lowest BCUT2D eigenvalue weighted by atomic mass is 10.0. The summed E-state index contributed by atoms with van der Waals surface area (Å²) in [6, 6.07) is 12.4. The third-order valence-corrected chi connectivity index (χ3v) is 5.45. The third kappa shape index (κ3) is 5.26. The van der Waals surface area contributed by atoms with Gasteiger partial charge in [-0.25, -0.2) is 0 Å². The van der Waals surface area contributed by atoms with Crippen LogP contribution in [-0.2, 0) is 4.79 Å². The Hall–Kier alpha value is -3.15. The van der Waals surface area contributed by atoms with Gasteiger partial charge >= 0.3 is 0 Å². The molecule has 0 saturated carbocycles. The van der Waals surface area contributed by atoms with Crippen molar-refractivity contribution in [1.82, 2.24) is 4.90 Å². The summed E-state index contributed by atoms with van der Waals surface area (Å²) in [6.45, 7) is 3.43. The zero-order valence-corrected chi connectivity index (χ0v) is 17.6. The van der Waals surface area contributed by atoms with Crippen molar-refractivity contribution in [3.05, 3.63) is 59.2 Å². The molecule has 2 amide bonds. The highest BCUT2D eigenvalue weighted by Gasteiger charge is 2.22. The van der Waals surface area contributed by atoms with E-state index in [1.165, 1.54) is 0 Å². The van der Waals surface area contributed by atoms with Gasteiger partial charge < -0.3 is 15.0 Å². The molecular weight excluding hydrogens is 380 g/mol. The lowest BCUT2D eigenvalue weighted by molar-refractivity contribution is -0.116. The largest absolute Gasteiger partial charge is 0.497 e. The van der Waals surface area contributed by atoms with Crippen molar-refractivity contribution in [2.45, 2.75) is 39.0 Å². The van der Waals surface area contributed by atoms with E-state index in [-0.39, 0.29) is 24.0 Å². The van der Waals surface area contributed by atoms with E-state index in [0.29, 0.717) is 35.4 Å². The standard InChI is InChI=1S/C24H28N2O4/c1-17-20(24(29)26-15-3-4-16-26)7-5-8-21(17)25-23(28)10-6-9-22(27)18-11-13-19(30-2)14-12-18/h5,7-8,11-14H,3-4,6,9-10,15-16H2,1-2H3,(H,25,28). The molecule has 0 atom stereocenters. The first-order valence-corrected chi connectivity index (χ1v) is 10.4. The molecular formula is C24H28N2O4. The van der Waals surface area contributed by atoms with Crippen molar-refractivity contribution in [3.8, 4) is 5.75 Å². The second-order valence-electron chi connectivity index (χ2n) is 7.53. The van der Waals surface area contributed by atoms with Crippen LogP contribution in [0.25, 0.3) is 0 Å². The lowest BCUT2D eigenvalue weighted by Gasteiger charge is -2.18. The molecule has 1 aliphatic rings. The Morgan fingerprint density at radius 2 is 1.70 bits per heavy atom. The van der Waals surface area contributed by atoms with Crippen molar-refractivity contribution < 1.29 is 19.1 Å². The Kier molecular flexibility index (Phi) is 7.22. The third-order valence-electron chi connectivity index (χ3n) is 5.45. The van der Waals surface area contributed by atoms with Crippen LogP contribution in [-0.4, -0.2) is 42.7 Å². The van der Waals surface area contributed by atoms with Gasteiger partial charge in [-0.1, -0.05) is 6.07 Å². The molecule has 0 aromatic heterocycles. The minimum Gasteiger partial charge on any atom is -0.497 e. The predicted molar refractivity (Wildman–Crippen MR) is 116 cm³/mol. The van der Waals surface area contributed by atoms with E-state index < -0.39 is 0 Å². The second kappa shape index (κ2) is 10.1. The summed E-state index contributed by atoms with van der Waals surface area (Å²) in [7, 11) is 1.58. The molecule has 2 aromatic rings. The molecule has 0 aliphatic carbocycles. The monoisotopic (exact) mass is 408 g/mol. The minimum absolute atomic E-state index is 0.000147. The maximum atomic E-state index is 12.7. The first-order chi connectivity index (χ1) is 14.5. The fourth-order valence-electron chi connectivity index (χ4n) is 3.64. The van der Waals surface area contributed by atoms with Crippen LogP contribution < -0.4 is 10.1 Å². The van der Waals surface area contributed by atoms with Crippen LogP contribution in [0.3, 0.4) is 0 Å². The van der Waals surface area contributed by atoms with Gasteiger partial charge in [0.05, 0.1) is 7.11 Å². The molecule has 0 radical (unpaired) electrons. The number of ketones is 1. The van der Waals surface area contributed by atoms with E-state index in [1.807, 2.05) is 11.8 Å². The van der Waals surface area contributed by atoms with Crippen LogP contribution in [0.4, 0.5) is 5.69 Å². The van der Waals surface area contributed by atoms with Gasteiger partial charge in [-0.15, -0.1) is 0 Å². The summed E-state index contributed by atoms with van der Waals surface area (Å²) in [4.78, 5) is 39.2. The average Bonchev–Trinajstić information content (AvgIpc) is 3.30. The Morgan fingerprint density at radius 1 is 1.00 bits per heavy atom. The summed E-state index contributed by atoms with van der Waals surface area (Å²) in [5, 5.41) is 2.89. The number of nitrogens with zero attached hydrogens (tertiary/aromatic N) is 1. The van der Waals surface area contributed by atoms with E-state index >= 15 is 0 Å². The number of hydrogen-bond acceptors (Lipinski definition) is 4. The number of ether oxygens (including phenoxy) is 1. The topological polar surface area (TPSA) is 75.7 Å². The Labute approximate surface area is 177 Å². The van der Waals surface area contributed by atoms with Crippen molar-refractivity contribution in [2.24, 2.45) is 0 Å². The number of hydrogen-bond donors (Lipinski definition) is 1. The zero-order chi connectivity index (χ0) is 21.5. The van der Waals surface area contributed by atoms with E-state index in [1.54, 1.807) is 49.6 Å². The van der Waals surface area contributed by atoms with Gasteiger partial charge in [0.1, 0.15) is 5.75 Å². The fraction of sp³-hybridized carbons (Fsp3) is 0.375. The van der Waals surface area contributed by atoms with Gasteiger partial charge in [-0.05, 0) is 68.1 Å². The van der Waals surface area contributed by atoms with Crippen LogP contribution >= 0.6 is 0 Å². The van der Waals surface area contributed by atoms with E-state index in [2.05, 4.69) is 5.32 Å². The molecule has 6 nitrogen and oxygen atoms in total. The van der Waals surface area contributed by atoms with Crippen LogP contribution in [0.5, 0.6) is 5.75 Å². The number of methoxy groups -OCH3 is 1. The molecule has 6 heteroatoms. The molecule has 1 N–H and O–H groups in total. The van der Waals surface area contributed by atoms with Crippen LogP contribution in [0.15, 0.2) is 42.5 Å². The highest BCUT2D eigenvalue weighted by molar-refractivity contribution is 6.00. The minimum atomic E-state index is -0.161. The number of carbonyl (C=O) groups excluding carboxylic acids is 3. The molecule has 3 rings (SSSR count). The summed E-state index contributed by atoms with van der Waals surface area (Å²) in [5.41, 5.74) is 2.66. The molecule has 0 unspecified atom stereocenters. The van der Waals surface area contributed by atoms with E-state index in [9.17, 15) is 14.4 Å². The number of nitrogens with one attached hydrogen (secondary N) is 1. The maximum absolute atomic E-state index is 12.7. The summed E-state index contributed by atoms with van der Waals surface area (Å²) in [5.74, 6) is 0.559. The van der Waals surface area contributed by atoms with Crippen LogP contribution in [0, 0.1) is 6.92 Å². The van der Waals surface area contributed by atoms with E-state index in [4.69, 9.17) is 4.74 Å². The molecule has 1 saturated heterocycles. The first kappa shape index (κ1) is 21.6. The molecule has 2 aromatic carbocycles. The lowest BCUT2D eigenvalue weighted by Crippen LogP contribution is -2.28. The molecule has 1 aliphatic heterocycles. The molecule has 158 valence electrons. The summed E-state index contributed by atoms with van der Waals surface area (Å²) >= 11 is 0. The molecule has 1 heterocycles. The number of Topliss-reactive ketones (excluding diaryl/α,β-unsaturated/α-hetero) is 1. The number of rotatable bonds is 8. The highest BCUT2D eigenvalue weighted by atomic mass is 16.5. The van der Waals surface area contributed by atoms with Gasteiger partial charge in [-0.2, -0.15) is 0 Å². The smallest absolute Gasteiger partial charge is 0.254 e. The van der Waals surface area contributed by atoms with Crippen molar-refractivity contribution in [1.29, 1.82) is 0 Å². The molecule has 0 bridgehead atoms. The Morgan fingerprint density at radius 3 is 2.37 bits per heavy atom. The van der Waals surface area contributed by atoms with Gasteiger partial charge in [0, 0.05) is 42.7 Å². The fourth-order valence-corrected chi connectivity index (χ4v) is 3.64. The van der Waals surface area contributed by atoms with Gasteiger partial charge in [0.15, 0.2) is 5.78 Å². The Balaban J connectivity index is 1.52. The van der Waals surface area contributed by atoms with Crippen LogP contribution in [0.1, 0.15) is 58.4 Å². The first-order valence-electron chi connectivity index (χ1n) is 10.4. The number of benzene rings is 2. The second-order valence-corrected chi connectivity index (χ2v) is 7.53. The van der Waals surface area contributed by atoms with Gasteiger partial charge in [0.25, 0.3) is 5.91 Å². The zero-order valence-electron chi connectivity index (χ0n) is 17.6. The van der Waals surface area contributed by atoms with Crippen molar-refractivity contribution >= 4 is 23.3 Å². The van der Waals surface area contributed by atoms with E-state index in [0.717, 1.165) is 31.5 Å². The number of likely N-dealkylation sites (tertiary alicyclic amines) is 1. The summed E-state index contributed by atoms with van der Waals surface area (Å²) in [6.07, 6.45) is 3.08. The Bertz CT molecular complexity index is 915. The number of amides is 2. The summed E-state index contributed by atoms with van der Waals surface area (Å²) < 4.78 is 5.09.